The molecule has 0 radical (unpaired) electrons. The van der Waals surface area contributed by atoms with Gasteiger partial charge in [-0.15, -0.1) is 0 Å². The van der Waals surface area contributed by atoms with E-state index in [-0.39, 0.29) is 0 Å². The molecule has 0 heterocycles. The molecule has 17 heavy (non-hydrogen) atoms. The van der Waals surface area contributed by atoms with E-state index in [4.69, 9.17) is 5.11 Å². The van der Waals surface area contributed by atoms with Gasteiger partial charge in [0.1, 0.15) is 0 Å². The van der Waals surface area contributed by atoms with Crippen molar-refractivity contribution in [3.05, 3.63) is 33.8 Å². The monoisotopic (exact) mass is 299 g/mol. The molecule has 1 rings (SSSR count). The van der Waals surface area contributed by atoms with Crippen molar-refractivity contribution in [1.29, 1.82) is 0 Å². The predicted octanol–water partition coefficient (Wildman–Crippen LogP) is 3.26. The van der Waals surface area contributed by atoms with Gasteiger partial charge in [-0.05, 0) is 49.4 Å². The molecule has 96 valence electrons. The first-order chi connectivity index (χ1) is 8.13. The van der Waals surface area contributed by atoms with Crippen molar-refractivity contribution in [2.45, 2.75) is 33.2 Å². The molecule has 1 aromatic rings. The molecule has 3 heteroatoms. The van der Waals surface area contributed by atoms with Crippen molar-refractivity contribution >= 4 is 15.9 Å². The van der Waals surface area contributed by atoms with E-state index < -0.39 is 0 Å². The zero-order valence-electron chi connectivity index (χ0n) is 10.7. The molecule has 0 saturated carbocycles. The maximum absolute atomic E-state index is 8.91. The van der Waals surface area contributed by atoms with Gasteiger partial charge in [-0.3, -0.25) is 0 Å². The minimum atomic E-state index is 0.295. The SMILES string of the molecule is Cc1ccc(CNCCCC(C)CO)c(Br)c1. The lowest BCUT2D eigenvalue weighted by Crippen LogP contribution is -2.16. The van der Waals surface area contributed by atoms with Crippen molar-refractivity contribution in [1.82, 2.24) is 5.32 Å². The van der Waals surface area contributed by atoms with Crippen LogP contribution in [0, 0.1) is 12.8 Å². The molecule has 0 aliphatic heterocycles. The lowest BCUT2D eigenvalue weighted by Gasteiger charge is -2.09. The Kier molecular flexibility index (Phi) is 6.78. The average molecular weight is 300 g/mol. The van der Waals surface area contributed by atoms with Crippen LogP contribution < -0.4 is 5.32 Å². The molecule has 1 unspecified atom stereocenters. The summed E-state index contributed by atoms with van der Waals surface area (Å²) in [6, 6.07) is 6.43. The van der Waals surface area contributed by atoms with E-state index >= 15 is 0 Å². The number of benzene rings is 1. The predicted molar refractivity (Wildman–Crippen MR) is 76.1 cm³/mol. The van der Waals surface area contributed by atoms with Gasteiger partial charge in [0.05, 0.1) is 0 Å². The molecule has 0 saturated heterocycles. The second kappa shape index (κ2) is 7.85. The molecule has 2 nitrogen and oxygen atoms in total. The summed E-state index contributed by atoms with van der Waals surface area (Å²) in [5.74, 6) is 0.419. The Morgan fingerprint density at radius 2 is 2.18 bits per heavy atom. The highest BCUT2D eigenvalue weighted by Crippen LogP contribution is 2.18. The molecule has 0 bridgehead atoms. The van der Waals surface area contributed by atoms with Crippen LogP contribution in [-0.4, -0.2) is 18.3 Å². The van der Waals surface area contributed by atoms with Gasteiger partial charge in [0.15, 0.2) is 0 Å². The van der Waals surface area contributed by atoms with Crippen molar-refractivity contribution in [2.75, 3.05) is 13.2 Å². The standard InChI is InChI=1S/C14H22BrNO/c1-11-5-6-13(14(15)8-11)9-16-7-3-4-12(2)10-17/h5-6,8,12,16-17H,3-4,7,9-10H2,1-2H3. The summed E-state index contributed by atoms with van der Waals surface area (Å²) in [7, 11) is 0. The van der Waals surface area contributed by atoms with Crippen LogP contribution in [0.5, 0.6) is 0 Å². The summed E-state index contributed by atoms with van der Waals surface area (Å²) in [5, 5.41) is 12.3. The summed E-state index contributed by atoms with van der Waals surface area (Å²) in [6.45, 7) is 6.37. The number of nitrogens with one attached hydrogen (secondary N) is 1. The van der Waals surface area contributed by atoms with Gasteiger partial charge in [-0.2, -0.15) is 0 Å². The van der Waals surface area contributed by atoms with Crippen molar-refractivity contribution in [3.63, 3.8) is 0 Å². The van der Waals surface area contributed by atoms with Gasteiger partial charge in [0.2, 0.25) is 0 Å². The van der Waals surface area contributed by atoms with Crippen molar-refractivity contribution < 1.29 is 5.11 Å². The van der Waals surface area contributed by atoms with Crippen LogP contribution in [0.3, 0.4) is 0 Å². The molecule has 0 spiro atoms. The van der Waals surface area contributed by atoms with Crippen LogP contribution >= 0.6 is 15.9 Å². The van der Waals surface area contributed by atoms with E-state index in [0.717, 1.165) is 25.9 Å². The van der Waals surface area contributed by atoms with Crippen molar-refractivity contribution in [2.24, 2.45) is 5.92 Å². The second-order valence-electron chi connectivity index (χ2n) is 4.70. The third-order valence-corrected chi connectivity index (χ3v) is 3.62. The quantitative estimate of drug-likeness (QED) is 0.758. The summed E-state index contributed by atoms with van der Waals surface area (Å²) >= 11 is 3.58. The molecule has 2 N–H and O–H groups in total. The van der Waals surface area contributed by atoms with Gasteiger partial charge in [-0.25, -0.2) is 0 Å². The highest BCUT2D eigenvalue weighted by molar-refractivity contribution is 9.10. The first kappa shape index (κ1) is 14.7. The van der Waals surface area contributed by atoms with Gasteiger partial charge in [0, 0.05) is 17.6 Å². The molecular formula is C14H22BrNO. The first-order valence-corrected chi connectivity index (χ1v) is 6.99. The Balaban J connectivity index is 2.22. The first-order valence-electron chi connectivity index (χ1n) is 6.20. The average Bonchev–Trinajstić information content (AvgIpc) is 2.30. The van der Waals surface area contributed by atoms with E-state index in [9.17, 15) is 0 Å². The van der Waals surface area contributed by atoms with Gasteiger partial charge >= 0.3 is 0 Å². The fourth-order valence-corrected chi connectivity index (χ4v) is 2.32. The Bertz CT molecular complexity index is 341. The van der Waals surface area contributed by atoms with Crippen LogP contribution in [-0.2, 0) is 6.54 Å². The van der Waals surface area contributed by atoms with E-state index in [1.54, 1.807) is 0 Å². The van der Waals surface area contributed by atoms with Crippen LogP contribution in [0.2, 0.25) is 0 Å². The minimum Gasteiger partial charge on any atom is -0.396 e. The number of aliphatic hydroxyl groups excluding tert-OH is 1. The Hall–Kier alpha value is -0.380. The van der Waals surface area contributed by atoms with Gasteiger partial charge in [0.25, 0.3) is 0 Å². The maximum Gasteiger partial charge on any atom is 0.0456 e. The number of hydrogen-bond acceptors (Lipinski definition) is 2. The maximum atomic E-state index is 8.91. The van der Waals surface area contributed by atoms with Crippen LogP contribution in [0.15, 0.2) is 22.7 Å². The molecule has 0 aromatic heterocycles. The molecular weight excluding hydrogens is 278 g/mol. The lowest BCUT2D eigenvalue weighted by atomic mass is 10.1. The zero-order valence-corrected chi connectivity index (χ0v) is 12.3. The third kappa shape index (κ3) is 5.66. The lowest BCUT2D eigenvalue weighted by molar-refractivity contribution is 0.228. The highest BCUT2D eigenvalue weighted by atomic mass is 79.9. The normalized spacial score (nSPS) is 12.7. The third-order valence-electron chi connectivity index (χ3n) is 2.89. The Morgan fingerprint density at radius 1 is 1.41 bits per heavy atom. The summed E-state index contributed by atoms with van der Waals surface area (Å²) < 4.78 is 1.17. The van der Waals surface area contributed by atoms with Gasteiger partial charge < -0.3 is 10.4 Å². The van der Waals surface area contributed by atoms with E-state index in [1.165, 1.54) is 15.6 Å². The summed E-state index contributed by atoms with van der Waals surface area (Å²) in [5.41, 5.74) is 2.57. The summed E-state index contributed by atoms with van der Waals surface area (Å²) in [4.78, 5) is 0. The molecule has 0 amide bonds. The fourth-order valence-electron chi connectivity index (χ4n) is 1.69. The molecule has 0 fully saturated rings. The topological polar surface area (TPSA) is 32.3 Å². The molecule has 1 aromatic carbocycles. The van der Waals surface area contributed by atoms with Crippen LogP contribution in [0.4, 0.5) is 0 Å². The van der Waals surface area contributed by atoms with E-state index in [0.29, 0.717) is 12.5 Å². The van der Waals surface area contributed by atoms with Crippen LogP contribution in [0.25, 0.3) is 0 Å². The molecule has 0 aliphatic rings. The highest BCUT2D eigenvalue weighted by Gasteiger charge is 2.01. The van der Waals surface area contributed by atoms with E-state index in [2.05, 4.69) is 53.3 Å². The Morgan fingerprint density at radius 3 is 2.82 bits per heavy atom. The van der Waals surface area contributed by atoms with Crippen molar-refractivity contribution in [3.8, 4) is 0 Å². The Labute approximate surface area is 113 Å². The smallest absolute Gasteiger partial charge is 0.0456 e. The van der Waals surface area contributed by atoms with Crippen LogP contribution in [0.1, 0.15) is 30.9 Å². The fraction of sp³-hybridized carbons (Fsp3) is 0.571. The second-order valence-corrected chi connectivity index (χ2v) is 5.56. The van der Waals surface area contributed by atoms with Gasteiger partial charge in [-0.1, -0.05) is 35.0 Å². The summed E-state index contributed by atoms with van der Waals surface area (Å²) in [6.07, 6.45) is 2.20. The molecule has 1 atom stereocenters. The van der Waals surface area contributed by atoms with E-state index in [1.807, 2.05) is 0 Å². The minimum absolute atomic E-state index is 0.295. The molecule has 0 aliphatic carbocycles. The number of rotatable bonds is 7. The largest absolute Gasteiger partial charge is 0.396 e. The number of halogens is 1. The zero-order chi connectivity index (χ0) is 12.7. The number of aryl methyl sites for hydroxylation is 1. The number of aliphatic hydroxyl groups is 1. The number of hydrogen-bond donors (Lipinski definition) is 2.